The molecule has 0 aromatic carbocycles. The van der Waals surface area contributed by atoms with Crippen molar-refractivity contribution in [1.82, 2.24) is 4.98 Å². The molecular formula is C15H21NO2. The summed E-state index contributed by atoms with van der Waals surface area (Å²) in [5.41, 5.74) is 0.530. The summed E-state index contributed by atoms with van der Waals surface area (Å²) in [7, 11) is 0. The van der Waals surface area contributed by atoms with E-state index >= 15 is 0 Å². The van der Waals surface area contributed by atoms with E-state index in [4.69, 9.17) is 4.74 Å². The van der Waals surface area contributed by atoms with Gasteiger partial charge in [0, 0.05) is 6.42 Å². The van der Waals surface area contributed by atoms with Crippen molar-refractivity contribution < 1.29 is 9.53 Å². The molecule has 98 valence electrons. The first-order valence-corrected chi connectivity index (χ1v) is 6.91. The molecule has 0 bridgehead atoms. The Hall–Kier alpha value is -1.38. The van der Waals surface area contributed by atoms with Gasteiger partial charge in [0.2, 0.25) is 0 Å². The fourth-order valence-corrected chi connectivity index (χ4v) is 2.38. The number of Topliss-reactive ketones (excluding diaryl/α,β-unsaturated/α-hetero) is 1. The maximum Gasteiger partial charge on any atom is 0.180 e. The lowest BCUT2D eigenvalue weighted by atomic mass is 9.90. The lowest BCUT2D eigenvalue weighted by molar-refractivity contribution is 0.0983. The van der Waals surface area contributed by atoms with E-state index in [1.54, 1.807) is 12.3 Å². The number of hydrogen-bond donors (Lipinski definition) is 0. The number of nitrogens with zero attached hydrogens (tertiary/aromatic N) is 1. The summed E-state index contributed by atoms with van der Waals surface area (Å²) >= 11 is 0. The zero-order chi connectivity index (χ0) is 12.8. The topological polar surface area (TPSA) is 39.2 Å². The molecule has 3 heteroatoms. The van der Waals surface area contributed by atoms with Crippen LogP contribution in [0.15, 0.2) is 18.3 Å². The van der Waals surface area contributed by atoms with E-state index in [-0.39, 0.29) is 5.78 Å². The molecule has 1 saturated carbocycles. The summed E-state index contributed by atoms with van der Waals surface area (Å²) in [5.74, 6) is 1.54. The zero-order valence-corrected chi connectivity index (χ0v) is 11.0. The molecule has 1 aromatic heterocycles. The van der Waals surface area contributed by atoms with Gasteiger partial charge in [-0.05, 0) is 30.9 Å². The minimum atomic E-state index is 0.0776. The molecule has 0 aliphatic heterocycles. The minimum Gasteiger partial charge on any atom is -0.492 e. The molecular weight excluding hydrogens is 226 g/mol. The molecule has 1 aliphatic rings. The van der Waals surface area contributed by atoms with Gasteiger partial charge < -0.3 is 4.74 Å². The molecule has 0 N–H and O–H groups in total. The normalized spacial score (nSPS) is 16.5. The molecule has 0 spiro atoms. The van der Waals surface area contributed by atoms with Gasteiger partial charge in [0.15, 0.2) is 5.78 Å². The molecule has 18 heavy (non-hydrogen) atoms. The average Bonchev–Trinajstić information content (AvgIpc) is 2.46. The molecule has 1 aliphatic carbocycles. The van der Waals surface area contributed by atoms with E-state index < -0.39 is 0 Å². The highest BCUT2D eigenvalue weighted by Gasteiger charge is 2.14. The van der Waals surface area contributed by atoms with Crippen molar-refractivity contribution in [2.24, 2.45) is 5.92 Å². The lowest BCUT2D eigenvalue weighted by Crippen LogP contribution is -2.15. The molecule has 0 unspecified atom stereocenters. The maximum atomic E-state index is 11.4. The summed E-state index contributed by atoms with van der Waals surface area (Å²) < 4.78 is 5.74. The third-order valence-corrected chi connectivity index (χ3v) is 3.55. The van der Waals surface area contributed by atoms with E-state index in [1.807, 2.05) is 13.0 Å². The van der Waals surface area contributed by atoms with Crippen LogP contribution in [-0.4, -0.2) is 17.4 Å². The van der Waals surface area contributed by atoms with E-state index in [1.165, 1.54) is 32.1 Å². The van der Waals surface area contributed by atoms with E-state index in [2.05, 4.69) is 4.98 Å². The number of carbonyl (C=O) groups excluding carboxylic acids is 1. The van der Waals surface area contributed by atoms with Crippen LogP contribution in [0.3, 0.4) is 0 Å². The zero-order valence-electron chi connectivity index (χ0n) is 11.0. The Morgan fingerprint density at radius 2 is 2.11 bits per heavy atom. The summed E-state index contributed by atoms with van der Waals surface area (Å²) in [5, 5.41) is 0. The number of ether oxygens (including phenoxy) is 1. The van der Waals surface area contributed by atoms with Crippen LogP contribution in [0, 0.1) is 5.92 Å². The first-order valence-electron chi connectivity index (χ1n) is 6.91. The van der Waals surface area contributed by atoms with Crippen molar-refractivity contribution in [2.75, 3.05) is 6.61 Å². The summed E-state index contributed by atoms with van der Waals surface area (Å²) in [6.45, 7) is 2.63. The molecule has 0 radical (unpaired) electrons. The van der Waals surface area contributed by atoms with Crippen LogP contribution >= 0.6 is 0 Å². The third-order valence-electron chi connectivity index (χ3n) is 3.55. The largest absolute Gasteiger partial charge is 0.492 e. The van der Waals surface area contributed by atoms with E-state index in [0.717, 1.165) is 12.4 Å². The molecule has 1 aromatic rings. The number of aromatic nitrogens is 1. The van der Waals surface area contributed by atoms with Crippen molar-refractivity contribution in [3.05, 3.63) is 24.0 Å². The van der Waals surface area contributed by atoms with Crippen LogP contribution in [0.25, 0.3) is 0 Å². The van der Waals surface area contributed by atoms with Gasteiger partial charge >= 0.3 is 0 Å². The first kappa shape index (κ1) is 13.1. The second-order valence-corrected chi connectivity index (χ2v) is 4.97. The fourth-order valence-electron chi connectivity index (χ4n) is 2.38. The van der Waals surface area contributed by atoms with Gasteiger partial charge in [0.1, 0.15) is 11.4 Å². The Kier molecular flexibility index (Phi) is 4.73. The van der Waals surface area contributed by atoms with Gasteiger partial charge in [-0.25, -0.2) is 4.98 Å². The maximum absolute atomic E-state index is 11.4. The highest BCUT2D eigenvalue weighted by atomic mass is 16.5. The van der Waals surface area contributed by atoms with Crippen LogP contribution in [0.1, 0.15) is 55.9 Å². The first-order chi connectivity index (χ1) is 8.79. The third kappa shape index (κ3) is 3.56. The van der Waals surface area contributed by atoms with E-state index in [0.29, 0.717) is 18.0 Å². The highest BCUT2D eigenvalue weighted by Crippen LogP contribution is 2.24. The Morgan fingerprint density at radius 1 is 1.33 bits per heavy atom. The average molecular weight is 247 g/mol. The molecule has 0 amide bonds. The number of pyridine rings is 1. The Labute approximate surface area is 109 Å². The smallest absolute Gasteiger partial charge is 0.180 e. The van der Waals surface area contributed by atoms with E-state index in [9.17, 15) is 4.79 Å². The second-order valence-electron chi connectivity index (χ2n) is 4.97. The fraction of sp³-hybridized carbons (Fsp3) is 0.600. The SMILES string of the molecule is CCC(=O)c1ccc(OCC2CCCCC2)cn1. The molecule has 1 heterocycles. The standard InChI is InChI=1S/C15H21NO2/c1-2-15(17)14-9-8-13(10-16-14)18-11-12-6-4-3-5-7-12/h8-10,12H,2-7,11H2,1H3. The number of hydrogen-bond acceptors (Lipinski definition) is 3. The van der Waals surface area contributed by atoms with Gasteiger partial charge in [0.05, 0.1) is 12.8 Å². The van der Waals surface area contributed by atoms with Crippen LogP contribution in [0.5, 0.6) is 5.75 Å². The van der Waals surface area contributed by atoms with Crippen molar-refractivity contribution in [1.29, 1.82) is 0 Å². The Morgan fingerprint density at radius 3 is 2.72 bits per heavy atom. The molecule has 1 fully saturated rings. The van der Waals surface area contributed by atoms with Gasteiger partial charge in [-0.1, -0.05) is 26.2 Å². The predicted octanol–water partition coefficient (Wildman–Crippen LogP) is 3.63. The van der Waals surface area contributed by atoms with Crippen molar-refractivity contribution in [3.63, 3.8) is 0 Å². The summed E-state index contributed by atoms with van der Waals surface area (Å²) in [6.07, 6.45) is 8.74. The minimum absolute atomic E-state index is 0.0776. The second kappa shape index (κ2) is 6.53. The van der Waals surface area contributed by atoms with Gasteiger partial charge in [-0.15, -0.1) is 0 Å². The summed E-state index contributed by atoms with van der Waals surface area (Å²) in [6, 6.07) is 3.60. The Bertz CT molecular complexity index is 380. The molecule has 0 atom stereocenters. The van der Waals surface area contributed by atoms with Gasteiger partial charge in [-0.2, -0.15) is 0 Å². The molecule has 0 saturated heterocycles. The number of ketones is 1. The predicted molar refractivity (Wildman–Crippen MR) is 70.9 cm³/mol. The quantitative estimate of drug-likeness (QED) is 0.746. The highest BCUT2D eigenvalue weighted by molar-refractivity contribution is 5.93. The van der Waals surface area contributed by atoms with Crippen LogP contribution in [-0.2, 0) is 0 Å². The van der Waals surface area contributed by atoms with Gasteiger partial charge in [-0.3, -0.25) is 4.79 Å². The number of rotatable bonds is 5. The Balaban J connectivity index is 1.84. The lowest BCUT2D eigenvalue weighted by Gasteiger charge is -2.21. The van der Waals surface area contributed by atoms with Crippen LogP contribution < -0.4 is 4.74 Å². The molecule has 3 nitrogen and oxygen atoms in total. The van der Waals surface area contributed by atoms with Crippen molar-refractivity contribution in [3.8, 4) is 5.75 Å². The van der Waals surface area contributed by atoms with Crippen LogP contribution in [0.2, 0.25) is 0 Å². The van der Waals surface area contributed by atoms with Crippen molar-refractivity contribution >= 4 is 5.78 Å². The monoisotopic (exact) mass is 247 g/mol. The van der Waals surface area contributed by atoms with Gasteiger partial charge in [0.25, 0.3) is 0 Å². The molecule has 2 rings (SSSR count). The summed E-state index contributed by atoms with van der Waals surface area (Å²) in [4.78, 5) is 15.6. The number of carbonyl (C=O) groups is 1. The van der Waals surface area contributed by atoms with Crippen molar-refractivity contribution in [2.45, 2.75) is 45.4 Å². The van der Waals surface area contributed by atoms with Crippen LogP contribution in [0.4, 0.5) is 0 Å².